The van der Waals surface area contributed by atoms with Crippen LogP contribution in [0.3, 0.4) is 0 Å². The molecule has 2 rings (SSSR count). The van der Waals surface area contributed by atoms with Crippen LogP contribution in [0.5, 0.6) is 0 Å². The van der Waals surface area contributed by atoms with E-state index in [0.29, 0.717) is 0 Å². The molecule has 0 amide bonds. The lowest BCUT2D eigenvalue weighted by atomic mass is 10.2. The van der Waals surface area contributed by atoms with Crippen LogP contribution in [0.4, 0.5) is 0 Å². The molecule has 0 saturated heterocycles. The quantitative estimate of drug-likeness (QED) is 0.831. The fourth-order valence-electron chi connectivity index (χ4n) is 1.63. The zero-order chi connectivity index (χ0) is 12.3. The maximum absolute atomic E-state index is 11.7. The molecular formula is C12H14N2O2S. The monoisotopic (exact) mass is 250 g/mol. The molecule has 0 aliphatic carbocycles. The smallest absolute Gasteiger partial charge is 0.154 e. The molecule has 0 fully saturated rings. The van der Waals surface area contributed by atoms with Gasteiger partial charge in [-0.15, -0.1) is 0 Å². The first-order chi connectivity index (χ1) is 8.12. The number of hydrogen-bond acceptors (Lipinski definition) is 3. The van der Waals surface area contributed by atoms with Gasteiger partial charge in [0.2, 0.25) is 0 Å². The highest BCUT2D eigenvalue weighted by molar-refractivity contribution is 7.90. The molecule has 0 saturated carbocycles. The molecule has 0 N–H and O–H groups in total. The summed E-state index contributed by atoms with van der Waals surface area (Å²) in [5, 5.41) is 0. The van der Waals surface area contributed by atoms with Crippen molar-refractivity contribution in [1.82, 2.24) is 9.55 Å². The molecule has 0 unspecified atom stereocenters. The van der Waals surface area contributed by atoms with E-state index >= 15 is 0 Å². The van der Waals surface area contributed by atoms with E-state index < -0.39 is 9.84 Å². The second-order valence-corrected chi connectivity index (χ2v) is 6.13. The van der Waals surface area contributed by atoms with Gasteiger partial charge in [0.05, 0.1) is 17.8 Å². The van der Waals surface area contributed by atoms with Crippen LogP contribution in [0.2, 0.25) is 0 Å². The number of imidazole rings is 1. The number of hydrogen-bond donors (Lipinski definition) is 0. The first kappa shape index (κ1) is 11.9. The highest BCUT2D eigenvalue weighted by atomic mass is 32.2. The number of benzene rings is 1. The van der Waals surface area contributed by atoms with E-state index in [9.17, 15) is 8.42 Å². The lowest BCUT2D eigenvalue weighted by Gasteiger charge is -2.09. The van der Waals surface area contributed by atoms with Crippen LogP contribution in [0.15, 0.2) is 43.0 Å². The molecule has 90 valence electrons. The zero-order valence-electron chi connectivity index (χ0n) is 9.57. The molecule has 0 radical (unpaired) electrons. The van der Waals surface area contributed by atoms with Crippen LogP contribution in [0, 0.1) is 0 Å². The number of para-hydroxylation sites is 1. The number of nitrogens with zero attached hydrogens (tertiary/aromatic N) is 2. The minimum Gasteiger partial charge on any atom is -0.306 e. The maximum atomic E-state index is 11.7. The first-order valence-corrected chi connectivity index (χ1v) is 7.21. The van der Waals surface area contributed by atoms with Crippen LogP contribution < -0.4 is 0 Å². The van der Waals surface area contributed by atoms with E-state index in [2.05, 4.69) is 4.98 Å². The molecule has 0 bridgehead atoms. The Labute approximate surface area is 101 Å². The Morgan fingerprint density at radius 1 is 1.29 bits per heavy atom. The van der Waals surface area contributed by atoms with Gasteiger partial charge >= 0.3 is 0 Å². The average Bonchev–Trinajstić information content (AvgIpc) is 2.83. The van der Waals surface area contributed by atoms with Gasteiger partial charge in [-0.05, 0) is 11.6 Å². The van der Waals surface area contributed by atoms with Crippen molar-refractivity contribution in [3.8, 4) is 5.69 Å². The molecule has 5 heteroatoms. The van der Waals surface area contributed by atoms with Crippen molar-refractivity contribution in [2.45, 2.75) is 12.7 Å². The summed E-state index contributed by atoms with van der Waals surface area (Å²) in [6.45, 7) is 1.66. The SMILES string of the molecule is CCS(=O)(=O)Cc1ccccc1-n1ccnc1. The molecule has 0 spiro atoms. The van der Waals surface area contributed by atoms with Crippen molar-refractivity contribution < 1.29 is 8.42 Å². The van der Waals surface area contributed by atoms with Crippen molar-refractivity contribution in [3.63, 3.8) is 0 Å². The van der Waals surface area contributed by atoms with E-state index in [-0.39, 0.29) is 11.5 Å². The Hall–Kier alpha value is -1.62. The lowest BCUT2D eigenvalue weighted by Crippen LogP contribution is -2.09. The standard InChI is InChI=1S/C12H14N2O2S/c1-2-17(15,16)9-11-5-3-4-6-12(11)14-8-7-13-10-14/h3-8,10H,2,9H2,1H3. The highest BCUT2D eigenvalue weighted by Crippen LogP contribution is 2.17. The van der Waals surface area contributed by atoms with Crippen molar-refractivity contribution in [2.75, 3.05) is 5.75 Å². The molecule has 4 nitrogen and oxygen atoms in total. The van der Waals surface area contributed by atoms with E-state index in [1.165, 1.54) is 0 Å². The summed E-state index contributed by atoms with van der Waals surface area (Å²) < 4.78 is 25.2. The highest BCUT2D eigenvalue weighted by Gasteiger charge is 2.12. The summed E-state index contributed by atoms with van der Waals surface area (Å²) in [6, 6.07) is 7.46. The van der Waals surface area contributed by atoms with Crippen molar-refractivity contribution >= 4 is 9.84 Å². The fraction of sp³-hybridized carbons (Fsp3) is 0.250. The van der Waals surface area contributed by atoms with Crippen LogP contribution in [-0.4, -0.2) is 23.7 Å². The molecule has 17 heavy (non-hydrogen) atoms. The topological polar surface area (TPSA) is 52.0 Å². The van der Waals surface area contributed by atoms with E-state index in [1.54, 1.807) is 25.6 Å². The normalized spacial score (nSPS) is 11.6. The third-order valence-electron chi connectivity index (χ3n) is 2.59. The first-order valence-electron chi connectivity index (χ1n) is 5.39. The van der Waals surface area contributed by atoms with Gasteiger partial charge in [0.1, 0.15) is 0 Å². The van der Waals surface area contributed by atoms with Crippen molar-refractivity contribution in [1.29, 1.82) is 0 Å². The third-order valence-corrected chi connectivity index (χ3v) is 4.22. The molecule has 0 aliphatic heterocycles. The summed E-state index contributed by atoms with van der Waals surface area (Å²) in [5.74, 6) is 0.225. The van der Waals surface area contributed by atoms with Gasteiger partial charge in [-0.1, -0.05) is 25.1 Å². The van der Waals surface area contributed by atoms with Gasteiger partial charge in [-0.25, -0.2) is 13.4 Å². The largest absolute Gasteiger partial charge is 0.306 e. The van der Waals surface area contributed by atoms with E-state index in [0.717, 1.165) is 11.3 Å². The third kappa shape index (κ3) is 2.74. The minimum atomic E-state index is -3.02. The zero-order valence-corrected chi connectivity index (χ0v) is 10.4. The molecule has 1 aromatic carbocycles. The van der Waals surface area contributed by atoms with Crippen LogP contribution >= 0.6 is 0 Å². The predicted molar refractivity (Wildman–Crippen MR) is 66.7 cm³/mol. The molecule has 0 atom stereocenters. The Morgan fingerprint density at radius 3 is 2.71 bits per heavy atom. The molecule has 2 aromatic rings. The van der Waals surface area contributed by atoms with Gasteiger partial charge < -0.3 is 4.57 Å². The Morgan fingerprint density at radius 2 is 2.06 bits per heavy atom. The predicted octanol–water partition coefficient (Wildman–Crippen LogP) is 1.81. The summed E-state index contributed by atoms with van der Waals surface area (Å²) >= 11 is 0. The number of rotatable bonds is 4. The van der Waals surface area contributed by atoms with Crippen LogP contribution in [0.1, 0.15) is 12.5 Å². The maximum Gasteiger partial charge on any atom is 0.154 e. The van der Waals surface area contributed by atoms with Crippen molar-refractivity contribution in [2.24, 2.45) is 0 Å². The lowest BCUT2D eigenvalue weighted by molar-refractivity contribution is 0.596. The molecular weight excluding hydrogens is 236 g/mol. The molecule has 1 heterocycles. The van der Waals surface area contributed by atoms with Gasteiger partial charge in [0, 0.05) is 18.1 Å². The minimum absolute atomic E-state index is 0.0673. The van der Waals surface area contributed by atoms with Crippen molar-refractivity contribution in [3.05, 3.63) is 48.5 Å². The van der Waals surface area contributed by atoms with Crippen LogP contribution in [-0.2, 0) is 15.6 Å². The number of aromatic nitrogens is 2. The fourth-order valence-corrected chi connectivity index (χ4v) is 2.55. The summed E-state index contributed by atoms with van der Waals surface area (Å²) in [7, 11) is -3.02. The van der Waals surface area contributed by atoms with Crippen LogP contribution in [0.25, 0.3) is 5.69 Å². The summed E-state index contributed by atoms with van der Waals surface area (Å²) in [4.78, 5) is 3.97. The average molecular weight is 250 g/mol. The number of sulfone groups is 1. The van der Waals surface area contributed by atoms with E-state index in [1.807, 2.05) is 28.8 Å². The molecule has 0 aliphatic rings. The summed E-state index contributed by atoms with van der Waals surface area (Å²) in [6.07, 6.45) is 5.14. The van der Waals surface area contributed by atoms with Gasteiger partial charge in [0.15, 0.2) is 9.84 Å². The van der Waals surface area contributed by atoms with Gasteiger partial charge in [-0.2, -0.15) is 0 Å². The second kappa shape index (κ2) is 4.71. The van der Waals surface area contributed by atoms with E-state index in [4.69, 9.17) is 0 Å². The van der Waals surface area contributed by atoms with Gasteiger partial charge in [-0.3, -0.25) is 0 Å². The van der Waals surface area contributed by atoms with Gasteiger partial charge in [0.25, 0.3) is 0 Å². The Kier molecular flexibility index (Phi) is 3.28. The Balaban J connectivity index is 2.42. The summed E-state index contributed by atoms with van der Waals surface area (Å²) in [5.41, 5.74) is 1.66. The Bertz CT molecular complexity index is 589. The second-order valence-electron chi connectivity index (χ2n) is 3.78. The molecule has 1 aromatic heterocycles.